The number of benzene rings is 1. The Kier molecular flexibility index (Phi) is 3.93. The molecule has 2 aliphatic rings. The molecule has 1 fully saturated rings. The molecule has 0 bridgehead atoms. The van der Waals surface area contributed by atoms with Crippen molar-refractivity contribution in [3.05, 3.63) is 36.2 Å². The van der Waals surface area contributed by atoms with Gasteiger partial charge in [0.25, 0.3) is 0 Å². The molecule has 1 aliphatic carbocycles. The largest absolute Gasteiger partial charge is 0.486 e. The van der Waals surface area contributed by atoms with Gasteiger partial charge >= 0.3 is 0 Å². The van der Waals surface area contributed by atoms with Crippen molar-refractivity contribution in [2.75, 3.05) is 5.43 Å². The van der Waals surface area contributed by atoms with E-state index in [2.05, 4.69) is 15.6 Å². The normalized spacial score (nSPS) is 23.8. The van der Waals surface area contributed by atoms with E-state index in [1.807, 2.05) is 46.8 Å². The third kappa shape index (κ3) is 2.79. The lowest BCUT2D eigenvalue weighted by molar-refractivity contribution is 0.289. The van der Waals surface area contributed by atoms with Crippen LogP contribution in [0, 0.1) is 0 Å². The van der Waals surface area contributed by atoms with Crippen molar-refractivity contribution in [3.63, 3.8) is 0 Å². The van der Waals surface area contributed by atoms with Gasteiger partial charge in [-0.3, -0.25) is 0 Å². The Balaban J connectivity index is 1.49. The van der Waals surface area contributed by atoms with Crippen molar-refractivity contribution in [1.29, 1.82) is 0 Å². The summed E-state index contributed by atoms with van der Waals surface area (Å²) in [5.74, 6) is 1.70. The predicted molar refractivity (Wildman–Crippen MR) is 86.7 cm³/mol. The summed E-state index contributed by atoms with van der Waals surface area (Å²) in [7, 11) is 0. The Labute approximate surface area is 134 Å². The first-order chi connectivity index (χ1) is 10.9. The number of aromatic nitrogens is 3. The van der Waals surface area contributed by atoms with Gasteiger partial charge in [0.05, 0.1) is 6.04 Å². The number of hydrogen-bond acceptors (Lipinski definition) is 5. The molecule has 0 amide bonds. The molecule has 22 heavy (non-hydrogen) atoms. The number of hydrogen-bond donors (Lipinski definition) is 1. The van der Waals surface area contributed by atoms with Gasteiger partial charge in [-0.05, 0) is 25.0 Å². The Bertz CT molecular complexity index is 630. The van der Waals surface area contributed by atoms with Crippen molar-refractivity contribution in [2.24, 2.45) is 0 Å². The molecule has 2 heterocycles. The fourth-order valence-corrected chi connectivity index (χ4v) is 4.40. The van der Waals surface area contributed by atoms with Crippen molar-refractivity contribution in [2.45, 2.75) is 55.2 Å². The van der Waals surface area contributed by atoms with Crippen LogP contribution in [0.15, 0.2) is 35.5 Å². The summed E-state index contributed by atoms with van der Waals surface area (Å²) in [6, 6.07) is 10.4. The zero-order valence-electron chi connectivity index (χ0n) is 12.4. The molecule has 2 unspecified atom stereocenters. The number of para-hydroxylation sites is 1. The van der Waals surface area contributed by atoms with Crippen LogP contribution in [0.3, 0.4) is 0 Å². The van der Waals surface area contributed by atoms with E-state index >= 15 is 0 Å². The van der Waals surface area contributed by atoms with Gasteiger partial charge in [0.1, 0.15) is 12.4 Å². The minimum absolute atomic E-state index is 0.432. The van der Waals surface area contributed by atoms with Crippen LogP contribution in [0.5, 0.6) is 5.75 Å². The van der Waals surface area contributed by atoms with Gasteiger partial charge in [-0.2, -0.15) is 0 Å². The fourth-order valence-electron chi connectivity index (χ4n) is 3.13. The lowest BCUT2D eigenvalue weighted by Crippen LogP contribution is -2.41. The third-order valence-electron chi connectivity index (χ3n) is 4.32. The zero-order valence-corrected chi connectivity index (χ0v) is 13.3. The SMILES string of the molecule is c1ccc(OCc2nnc3n2NC2CCCCCC2S3)cc1. The summed E-state index contributed by atoms with van der Waals surface area (Å²) in [5.41, 5.74) is 3.61. The van der Waals surface area contributed by atoms with E-state index in [0.717, 1.165) is 16.7 Å². The van der Waals surface area contributed by atoms with Crippen molar-refractivity contribution in [1.82, 2.24) is 14.9 Å². The molecule has 0 saturated heterocycles. The van der Waals surface area contributed by atoms with E-state index in [9.17, 15) is 0 Å². The Morgan fingerprint density at radius 1 is 1.14 bits per heavy atom. The average molecular weight is 316 g/mol. The highest BCUT2D eigenvalue weighted by Gasteiger charge is 2.32. The van der Waals surface area contributed by atoms with Crippen LogP contribution in [0.2, 0.25) is 0 Å². The molecular weight excluding hydrogens is 296 g/mol. The molecule has 1 aromatic carbocycles. The lowest BCUT2D eigenvalue weighted by Gasteiger charge is -2.32. The molecular formula is C16H20N4OS. The molecule has 1 aliphatic heterocycles. The minimum Gasteiger partial charge on any atom is -0.486 e. The van der Waals surface area contributed by atoms with Crippen LogP contribution in [0.4, 0.5) is 0 Å². The molecule has 1 N–H and O–H groups in total. The first-order valence-corrected chi connectivity index (χ1v) is 8.83. The predicted octanol–water partition coefficient (Wildman–Crippen LogP) is 3.21. The standard InChI is InChI=1S/C16H20N4OS/c1-3-7-12(8-4-1)21-11-15-17-18-16-20(15)19-13-9-5-2-6-10-14(13)22-16/h1,3-4,7-8,13-14,19H,2,5-6,9-11H2. The second-order valence-electron chi connectivity index (χ2n) is 5.87. The second-order valence-corrected chi connectivity index (χ2v) is 7.07. The summed E-state index contributed by atoms with van der Waals surface area (Å²) in [4.78, 5) is 0. The highest BCUT2D eigenvalue weighted by atomic mass is 32.2. The van der Waals surface area contributed by atoms with Gasteiger partial charge in [0.2, 0.25) is 5.16 Å². The van der Waals surface area contributed by atoms with Gasteiger partial charge in [0.15, 0.2) is 5.82 Å². The van der Waals surface area contributed by atoms with E-state index in [1.165, 1.54) is 32.1 Å². The maximum Gasteiger partial charge on any atom is 0.210 e. The molecule has 4 rings (SSSR count). The maximum atomic E-state index is 5.80. The van der Waals surface area contributed by atoms with Gasteiger partial charge in [-0.15, -0.1) is 10.2 Å². The number of fused-ring (bicyclic) bond motifs is 2. The van der Waals surface area contributed by atoms with Crippen LogP contribution < -0.4 is 10.2 Å². The van der Waals surface area contributed by atoms with E-state index in [0.29, 0.717) is 17.9 Å². The van der Waals surface area contributed by atoms with Gasteiger partial charge in [-0.25, -0.2) is 4.68 Å². The summed E-state index contributed by atoms with van der Waals surface area (Å²) >= 11 is 1.87. The Morgan fingerprint density at radius 2 is 2.00 bits per heavy atom. The molecule has 2 atom stereocenters. The highest BCUT2D eigenvalue weighted by Crippen LogP contribution is 2.36. The Hall–Kier alpha value is -1.69. The second kappa shape index (κ2) is 6.20. The van der Waals surface area contributed by atoms with Gasteiger partial charge in [-0.1, -0.05) is 49.2 Å². The lowest BCUT2D eigenvalue weighted by atomic mass is 10.1. The van der Waals surface area contributed by atoms with E-state index < -0.39 is 0 Å². The summed E-state index contributed by atoms with van der Waals surface area (Å²) in [6.45, 7) is 0.432. The van der Waals surface area contributed by atoms with Crippen LogP contribution in [-0.2, 0) is 6.61 Å². The van der Waals surface area contributed by atoms with Crippen LogP contribution in [0.1, 0.15) is 37.9 Å². The van der Waals surface area contributed by atoms with Crippen LogP contribution in [-0.4, -0.2) is 26.2 Å². The molecule has 1 saturated carbocycles. The molecule has 1 aromatic heterocycles. The first kappa shape index (κ1) is 13.9. The highest BCUT2D eigenvalue weighted by molar-refractivity contribution is 7.99. The van der Waals surface area contributed by atoms with E-state index in [4.69, 9.17) is 4.74 Å². The molecule has 0 radical (unpaired) electrons. The number of ether oxygens (including phenoxy) is 1. The maximum absolute atomic E-state index is 5.80. The van der Waals surface area contributed by atoms with Gasteiger partial charge < -0.3 is 10.2 Å². The van der Waals surface area contributed by atoms with Crippen molar-refractivity contribution >= 4 is 11.8 Å². The zero-order chi connectivity index (χ0) is 14.8. The molecule has 5 nitrogen and oxygen atoms in total. The molecule has 116 valence electrons. The summed E-state index contributed by atoms with van der Waals surface area (Å²) in [6.07, 6.45) is 6.48. The van der Waals surface area contributed by atoms with E-state index in [1.54, 1.807) is 0 Å². The number of thioether (sulfide) groups is 1. The molecule has 2 aromatic rings. The fraction of sp³-hybridized carbons (Fsp3) is 0.500. The minimum atomic E-state index is 0.432. The quantitative estimate of drug-likeness (QED) is 0.942. The summed E-state index contributed by atoms with van der Waals surface area (Å²) in [5, 5.41) is 10.2. The van der Waals surface area contributed by atoms with Crippen molar-refractivity contribution in [3.8, 4) is 5.75 Å². The number of nitrogens with zero attached hydrogens (tertiary/aromatic N) is 3. The number of nitrogens with one attached hydrogen (secondary N) is 1. The van der Waals surface area contributed by atoms with E-state index in [-0.39, 0.29) is 0 Å². The van der Waals surface area contributed by atoms with Crippen molar-refractivity contribution < 1.29 is 4.74 Å². The first-order valence-electron chi connectivity index (χ1n) is 7.95. The van der Waals surface area contributed by atoms with Crippen LogP contribution in [0.25, 0.3) is 0 Å². The van der Waals surface area contributed by atoms with Gasteiger partial charge in [0, 0.05) is 5.25 Å². The smallest absolute Gasteiger partial charge is 0.210 e. The topological polar surface area (TPSA) is 52.0 Å². The number of rotatable bonds is 3. The molecule has 0 spiro atoms. The molecule has 6 heteroatoms. The summed E-state index contributed by atoms with van der Waals surface area (Å²) < 4.78 is 7.83. The third-order valence-corrected chi connectivity index (χ3v) is 5.66. The monoisotopic (exact) mass is 316 g/mol. The Morgan fingerprint density at radius 3 is 2.91 bits per heavy atom. The van der Waals surface area contributed by atoms with Crippen LogP contribution >= 0.6 is 11.8 Å². The average Bonchev–Trinajstić information content (AvgIpc) is 2.80.